The lowest BCUT2D eigenvalue weighted by Gasteiger charge is -2.41. The topological polar surface area (TPSA) is 30.3 Å². The minimum absolute atomic E-state index is 0.154. The highest BCUT2D eigenvalue weighted by Gasteiger charge is 2.36. The third kappa shape index (κ3) is 5.79. The number of thioether (sulfide) groups is 1. The van der Waals surface area contributed by atoms with Crippen LogP contribution in [0.15, 0.2) is 66.0 Å². The molecule has 4 nitrogen and oxygen atoms in total. The van der Waals surface area contributed by atoms with Gasteiger partial charge in [0.25, 0.3) is 0 Å². The second-order valence-electron chi connectivity index (χ2n) is 8.81. The number of imidazole rings is 1. The number of aromatic nitrogens is 2. The smallest absolute Gasteiger partial charge is 0.0951 e. The predicted octanol–water partition coefficient (Wildman–Crippen LogP) is 5.32. The highest BCUT2D eigenvalue weighted by Crippen LogP contribution is 2.41. The number of ether oxygens (including phenoxy) is 1. The standard InChI is InChI=1S/C26H33N3OS/c1-21-7-9-23(10-8-21)17-29-20-27-16-24(29)18-28-13-11-26(12-14-28,19-30-3)31-25-6-4-5-22(2)15-25/h4-10,15-16,20H,11-14,17-19H2,1-3H3. The van der Waals surface area contributed by atoms with Gasteiger partial charge in [0.2, 0.25) is 0 Å². The maximum absolute atomic E-state index is 5.67. The molecule has 31 heavy (non-hydrogen) atoms. The molecule has 1 aliphatic heterocycles. The van der Waals surface area contributed by atoms with Crippen molar-refractivity contribution < 1.29 is 4.74 Å². The molecule has 0 saturated carbocycles. The van der Waals surface area contributed by atoms with Gasteiger partial charge in [-0.05, 0) is 57.5 Å². The SMILES string of the molecule is COCC1(Sc2cccc(C)c2)CCN(Cc2cncn2Cc2ccc(C)cc2)CC1. The molecule has 1 fully saturated rings. The van der Waals surface area contributed by atoms with Gasteiger partial charge in [-0.1, -0.05) is 47.5 Å². The highest BCUT2D eigenvalue weighted by atomic mass is 32.2. The van der Waals surface area contributed by atoms with E-state index in [9.17, 15) is 0 Å². The van der Waals surface area contributed by atoms with Crippen molar-refractivity contribution in [2.45, 2.75) is 49.4 Å². The average molecular weight is 436 g/mol. The van der Waals surface area contributed by atoms with Gasteiger partial charge in [0.05, 0.1) is 18.6 Å². The van der Waals surface area contributed by atoms with Crippen LogP contribution < -0.4 is 0 Å². The van der Waals surface area contributed by atoms with Gasteiger partial charge in [0.15, 0.2) is 0 Å². The van der Waals surface area contributed by atoms with Crippen LogP contribution in [-0.2, 0) is 17.8 Å². The summed E-state index contributed by atoms with van der Waals surface area (Å²) in [6.45, 7) is 9.07. The maximum atomic E-state index is 5.67. The Bertz CT molecular complexity index is 974. The zero-order valence-corrected chi connectivity index (χ0v) is 19.7. The van der Waals surface area contributed by atoms with E-state index < -0.39 is 0 Å². The number of hydrogen-bond acceptors (Lipinski definition) is 4. The molecule has 5 heteroatoms. The Balaban J connectivity index is 1.38. The fraction of sp³-hybridized carbons (Fsp3) is 0.423. The van der Waals surface area contributed by atoms with Crippen LogP contribution in [0.3, 0.4) is 0 Å². The number of benzene rings is 2. The summed E-state index contributed by atoms with van der Waals surface area (Å²) in [7, 11) is 1.83. The predicted molar refractivity (Wildman–Crippen MR) is 129 cm³/mol. The van der Waals surface area contributed by atoms with E-state index >= 15 is 0 Å². The van der Waals surface area contributed by atoms with Crippen molar-refractivity contribution in [3.8, 4) is 0 Å². The second-order valence-corrected chi connectivity index (χ2v) is 10.4. The van der Waals surface area contributed by atoms with Crippen LogP contribution in [0.25, 0.3) is 0 Å². The molecule has 1 aliphatic rings. The average Bonchev–Trinajstić information content (AvgIpc) is 3.18. The monoisotopic (exact) mass is 435 g/mol. The van der Waals surface area contributed by atoms with Crippen LogP contribution in [0.1, 0.15) is 35.2 Å². The minimum atomic E-state index is 0.154. The lowest BCUT2D eigenvalue weighted by atomic mass is 9.96. The van der Waals surface area contributed by atoms with E-state index in [1.807, 2.05) is 31.4 Å². The van der Waals surface area contributed by atoms with Gasteiger partial charge in [-0.25, -0.2) is 4.98 Å². The molecule has 0 unspecified atom stereocenters. The quantitative estimate of drug-likeness (QED) is 0.479. The van der Waals surface area contributed by atoms with Crippen LogP contribution >= 0.6 is 11.8 Å². The molecule has 0 atom stereocenters. The second kappa shape index (κ2) is 10.0. The largest absolute Gasteiger partial charge is 0.383 e. The van der Waals surface area contributed by atoms with Crippen molar-refractivity contribution in [1.29, 1.82) is 0 Å². The van der Waals surface area contributed by atoms with Gasteiger partial charge in [-0.15, -0.1) is 11.8 Å². The molecule has 0 bridgehead atoms. The minimum Gasteiger partial charge on any atom is -0.383 e. The summed E-state index contributed by atoms with van der Waals surface area (Å²) in [5.74, 6) is 0. The Hall–Kier alpha value is -2.08. The molecule has 1 saturated heterocycles. The van der Waals surface area contributed by atoms with E-state index in [-0.39, 0.29) is 4.75 Å². The van der Waals surface area contributed by atoms with Gasteiger partial charge in [0.1, 0.15) is 0 Å². The summed E-state index contributed by atoms with van der Waals surface area (Å²) in [4.78, 5) is 8.35. The van der Waals surface area contributed by atoms with Gasteiger partial charge < -0.3 is 9.30 Å². The van der Waals surface area contributed by atoms with Gasteiger partial charge >= 0.3 is 0 Å². The molecule has 0 radical (unpaired) electrons. The summed E-state index contributed by atoms with van der Waals surface area (Å²) in [5.41, 5.74) is 5.21. The molecular formula is C26H33N3OS. The highest BCUT2D eigenvalue weighted by molar-refractivity contribution is 8.00. The molecule has 4 rings (SSSR count). The first kappa shape index (κ1) is 22.1. The van der Waals surface area contributed by atoms with Crippen molar-refractivity contribution in [3.63, 3.8) is 0 Å². The summed E-state index contributed by atoms with van der Waals surface area (Å²) < 4.78 is 8.10. The number of aryl methyl sites for hydroxylation is 2. The lowest BCUT2D eigenvalue weighted by molar-refractivity contribution is 0.114. The first-order valence-corrected chi connectivity index (χ1v) is 11.9. The number of piperidine rings is 1. The van der Waals surface area contributed by atoms with Crippen molar-refractivity contribution >= 4 is 11.8 Å². The molecule has 3 aromatic rings. The van der Waals surface area contributed by atoms with Crippen LogP contribution in [0, 0.1) is 13.8 Å². The Morgan fingerprint density at radius 2 is 1.77 bits per heavy atom. The van der Waals surface area contributed by atoms with E-state index in [4.69, 9.17) is 4.74 Å². The van der Waals surface area contributed by atoms with Gasteiger partial charge in [-0.3, -0.25) is 4.90 Å². The van der Waals surface area contributed by atoms with Crippen LogP contribution in [0.5, 0.6) is 0 Å². The Labute approximate surface area is 190 Å². The molecule has 1 aromatic heterocycles. The van der Waals surface area contributed by atoms with Crippen molar-refractivity contribution in [1.82, 2.24) is 14.5 Å². The molecule has 164 valence electrons. The zero-order chi connectivity index (χ0) is 21.7. The Morgan fingerprint density at radius 1 is 1.00 bits per heavy atom. The molecule has 0 aliphatic carbocycles. The normalized spacial score (nSPS) is 16.5. The lowest BCUT2D eigenvalue weighted by Crippen LogP contribution is -2.44. The third-order valence-electron chi connectivity index (χ3n) is 6.16. The van der Waals surface area contributed by atoms with E-state index in [1.54, 1.807) is 0 Å². The number of methoxy groups -OCH3 is 1. The first-order valence-electron chi connectivity index (χ1n) is 11.1. The number of hydrogen-bond donors (Lipinski definition) is 0. The molecule has 0 amide bonds. The third-order valence-corrected chi connectivity index (χ3v) is 7.60. The fourth-order valence-electron chi connectivity index (χ4n) is 4.33. The molecule has 2 aromatic carbocycles. The maximum Gasteiger partial charge on any atom is 0.0951 e. The fourth-order valence-corrected chi connectivity index (χ4v) is 5.78. The summed E-state index contributed by atoms with van der Waals surface area (Å²) >= 11 is 2.00. The summed E-state index contributed by atoms with van der Waals surface area (Å²) in [6, 6.07) is 17.6. The summed E-state index contributed by atoms with van der Waals surface area (Å²) in [5, 5.41) is 0. The molecule has 2 heterocycles. The Morgan fingerprint density at radius 3 is 2.48 bits per heavy atom. The van der Waals surface area contributed by atoms with Gasteiger partial charge in [-0.2, -0.15) is 0 Å². The van der Waals surface area contributed by atoms with Crippen molar-refractivity contribution in [3.05, 3.63) is 83.4 Å². The number of likely N-dealkylation sites (tertiary alicyclic amines) is 1. The van der Waals surface area contributed by atoms with Gasteiger partial charge in [0, 0.05) is 36.0 Å². The van der Waals surface area contributed by atoms with E-state index in [0.29, 0.717) is 0 Å². The van der Waals surface area contributed by atoms with Crippen molar-refractivity contribution in [2.75, 3.05) is 26.8 Å². The van der Waals surface area contributed by atoms with E-state index in [2.05, 4.69) is 76.8 Å². The summed E-state index contributed by atoms with van der Waals surface area (Å²) in [6.07, 6.45) is 6.24. The van der Waals surface area contributed by atoms with Crippen LogP contribution in [0.2, 0.25) is 0 Å². The van der Waals surface area contributed by atoms with E-state index in [0.717, 1.165) is 45.6 Å². The van der Waals surface area contributed by atoms with E-state index in [1.165, 1.54) is 27.3 Å². The van der Waals surface area contributed by atoms with Crippen LogP contribution in [0.4, 0.5) is 0 Å². The first-order chi connectivity index (χ1) is 15.0. The molecule has 0 N–H and O–H groups in total. The molecular weight excluding hydrogens is 402 g/mol. The number of nitrogens with zero attached hydrogens (tertiary/aromatic N) is 3. The number of rotatable bonds is 8. The zero-order valence-electron chi connectivity index (χ0n) is 18.9. The van der Waals surface area contributed by atoms with Crippen molar-refractivity contribution in [2.24, 2.45) is 0 Å². The molecule has 0 spiro atoms. The van der Waals surface area contributed by atoms with Crippen LogP contribution in [-0.4, -0.2) is 46.0 Å². The Kier molecular flexibility index (Phi) is 7.16.